The van der Waals surface area contributed by atoms with E-state index in [0.29, 0.717) is 31.6 Å². The molecule has 1 atom stereocenters. The quantitative estimate of drug-likeness (QED) is 0.864. The molecule has 19 heavy (non-hydrogen) atoms. The lowest BCUT2D eigenvalue weighted by molar-refractivity contribution is -0.137. The second kappa shape index (κ2) is 5.68. The number of aliphatic carboxylic acids is 1. The highest BCUT2D eigenvalue weighted by atomic mass is 32.2. The fourth-order valence-electron chi connectivity index (χ4n) is 2.12. The number of rotatable bonds is 5. The van der Waals surface area contributed by atoms with Crippen LogP contribution in [0.25, 0.3) is 0 Å². The molecule has 2 rings (SSSR count). The van der Waals surface area contributed by atoms with Crippen molar-refractivity contribution in [2.45, 2.75) is 43.8 Å². The first-order chi connectivity index (χ1) is 8.99. The molecule has 1 aromatic heterocycles. The third-order valence-corrected chi connectivity index (χ3v) is 5.28. The molecule has 0 radical (unpaired) electrons. The van der Waals surface area contributed by atoms with Crippen LogP contribution in [0.5, 0.6) is 0 Å². The van der Waals surface area contributed by atoms with Crippen LogP contribution in [0.2, 0.25) is 0 Å². The highest BCUT2D eigenvalue weighted by Gasteiger charge is 2.34. The van der Waals surface area contributed by atoms with Crippen molar-refractivity contribution in [3.8, 4) is 0 Å². The van der Waals surface area contributed by atoms with Gasteiger partial charge in [0.05, 0.1) is 5.75 Å². The van der Waals surface area contributed by atoms with E-state index in [-0.39, 0.29) is 18.1 Å². The number of aryl methyl sites for hydroxylation is 1. The molecule has 106 valence electrons. The molecular weight excluding hydrogens is 272 g/mol. The number of aromatic nitrogens is 2. The van der Waals surface area contributed by atoms with Gasteiger partial charge in [0.2, 0.25) is 11.8 Å². The highest BCUT2D eigenvalue weighted by Crippen LogP contribution is 2.32. The minimum Gasteiger partial charge on any atom is -0.481 e. The molecule has 1 fully saturated rings. The largest absolute Gasteiger partial charge is 0.481 e. The molecular formula is C11H16N2O5S. The van der Waals surface area contributed by atoms with E-state index in [1.807, 2.05) is 0 Å². The van der Waals surface area contributed by atoms with E-state index in [0.717, 1.165) is 6.42 Å². The average molecular weight is 288 g/mol. The average Bonchev–Trinajstić information content (AvgIpc) is 2.76. The molecule has 0 bridgehead atoms. The number of sulfone groups is 1. The van der Waals surface area contributed by atoms with Crippen molar-refractivity contribution < 1.29 is 22.7 Å². The second-order valence-electron chi connectivity index (χ2n) is 4.63. The summed E-state index contributed by atoms with van der Waals surface area (Å²) < 4.78 is 29.1. The Labute approximate surface area is 110 Å². The Bertz CT molecular complexity index is 551. The topological polar surface area (TPSA) is 110 Å². The van der Waals surface area contributed by atoms with Gasteiger partial charge >= 0.3 is 5.97 Å². The number of hydrogen-bond donors (Lipinski definition) is 1. The second-order valence-corrected chi connectivity index (χ2v) is 6.94. The predicted molar refractivity (Wildman–Crippen MR) is 65.3 cm³/mol. The summed E-state index contributed by atoms with van der Waals surface area (Å²) in [7, 11) is -3.19. The maximum Gasteiger partial charge on any atom is 0.303 e. The Morgan fingerprint density at radius 1 is 1.37 bits per heavy atom. The first kappa shape index (κ1) is 14.0. The molecule has 0 amide bonds. The molecule has 1 saturated heterocycles. The summed E-state index contributed by atoms with van der Waals surface area (Å²) in [5.74, 6) is -0.273. The number of nitrogens with zero attached hydrogens (tertiary/aromatic N) is 2. The van der Waals surface area contributed by atoms with Crippen LogP contribution in [0.4, 0.5) is 0 Å². The Hall–Kier alpha value is -1.44. The summed E-state index contributed by atoms with van der Waals surface area (Å²) in [5, 5.41) is 15.4. The molecule has 1 unspecified atom stereocenters. The molecule has 0 spiro atoms. The summed E-state index contributed by atoms with van der Waals surface area (Å²) in [6.07, 6.45) is 2.80. The van der Waals surface area contributed by atoms with Gasteiger partial charge in [0.1, 0.15) is 5.25 Å². The third kappa shape index (κ3) is 3.52. The lowest BCUT2D eigenvalue weighted by Crippen LogP contribution is -2.21. The monoisotopic (exact) mass is 288 g/mol. The van der Waals surface area contributed by atoms with Crippen molar-refractivity contribution in [2.75, 3.05) is 5.75 Å². The summed E-state index contributed by atoms with van der Waals surface area (Å²) >= 11 is 0. The summed E-state index contributed by atoms with van der Waals surface area (Å²) in [4.78, 5) is 10.4. The van der Waals surface area contributed by atoms with E-state index >= 15 is 0 Å². The van der Waals surface area contributed by atoms with E-state index < -0.39 is 21.1 Å². The molecule has 1 aliphatic heterocycles. The van der Waals surface area contributed by atoms with Crippen molar-refractivity contribution in [3.05, 3.63) is 11.8 Å². The fraction of sp³-hybridized carbons (Fsp3) is 0.727. The van der Waals surface area contributed by atoms with Gasteiger partial charge in [0.25, 0.3) is 0 Å². The first-order valence-electron chi connectivity index (χ1n) is 6.24. The number of carbonyl (C=O) groups is 1. The van der Waals surface area contributed by atoms with Gasteiger partial charge in [-0.1, -0.05) is 6.42 Å². The van der Waals surface area contributed by atoms with Gasteiger partial charge in [0, 0.05) is 12.8 Å². The van der Waals surface area contributed by atoms with Gasteiger partial charge in [-0.15, -0.1) is 10.2 Å². The maximum absolute atomic E-state index is 11.9. The number of hydrogen-bond acceptors (Lipinski definition) is 6. The van der Waals surface area contributed by atoms with Crippen molar-refractivity contribution in [3.63, 3.8) is 0 Å². The van der Waals surface area contributed by atoms with Gasteiger partial charge < -0.3 is 9.52 Å². The third-order valence-electron chi connectivity index (χ3n) is 3.12. The smallest absolute Gasteiger partial charge is 0.303 e. The SMILES string of the molecule is O=C(O)CCCc1nnc(C2CCCCS2(=O)=O)o1. The number of carboxylic acids is 1. The molecule has 1 aliphatic rings. The number of carboxylic acid groups (broad SMARTS) is 1. The normalized spacial score (nSPS) is 22.2. The Morgan fingerprint density at radius 3 is 2.84 bits per heavy atom. The standard InChI is InChI=1S/C11H16N2O5S/c14-10(15)6-3-5-9-12-13-11(18-9)8-4-1-2-7-19(8,16)17/h8H,1-7H2,(H,14,15). The lowest BCUT2D eigenvalue weighted by atomic mass is 10.2. The van der Waals surface area contributed by atoms with Crippen LogP contribution in [0.15, 0.2) is 4.42 Å². The molecule has 1 N–H and O–H groups in total. The summed E-state index contributed by atoms with van der Waals surface area (Å²) in [6.45, 7) is 0. The zero-order chi connectivity index (χ0) is 13.9. The van der Waals surface area contributed by atoms with Crippen LogP contribution >= 0.6 is 0 Å². The van der Waals surface area contributed by atoms with Gasteiger partial charge in [-0.05, 0) is 19.3 Å². The van der Waals surface area contributed by atoms with Crippen molar-refractivity contribution in [2.24, 2.45) is 0 Å². The van der Waals surface area contributed by atoms with E-state index in [4.69, 9.17) is 9.52 Å². The predicted octanol–water partition coefficient (Wildman–Crippen LogP) is 1.12. The van der Waals surface area contributed by atoms with E-state index in [1.165, 1.54) is 0 Å². The Kier molecular flexibility index (Phi) is 4.18. The molecule has 0 aromatic carbocycles. The van der Waals surface area contributed by atoms with Crippen LogP contribution in [0.3, 0.4) is 0 Å². The molecule has 1 aromatic rings. The van der Waals surface area contributed by atoms with E-state index in [1.54, 1.807) is 0 Å². The van der Waals surface area contributed by atoms with Crippen molar-refractivity contribution in [1.29, 1.82) is 0 Å². The first-order valence-corrected chi connectivity index (χ1v) is 7.96. The molecule has 2 heterocycles. The van der Waals surface area contributed by atoms with Gasteiger partial charge in [-0.2, -0.15) is 0 Å². The van der Waals surface area contributed by atoms with Gasteiger partial charge in [-0.3, -0.25) is 4.79 Å². The van der Waals surface area contributed by atoms with Crippen molar-refractivity contribution in [1.82, 2.24) is 10.2 Å². The van der Waals surface area contributed by atoms with Crippen LogP contribution in [-0.2, 0) is 21.1 Å². The maximum atomic E-state index is 11.9. The Balaban J connectivity index is 2.02. The van der Waals surface area contributed by atoms with Crippen LogP contribution in [0.1, 0.15) is 49.1 Å². The molecule has 0 aliphatic carbocycles. The van der Waals surface area contributed by atoms with Crippen LogP contribution in [0, 0.1) is 0 Å². The zero-order valence-electron chi connectivity index (χ0n) is 10.4. The van der Waals surface area contributed by atoms with Crippen LogP contribution in [-0.4, -0.2) is 35.4 Å². The minimum atomic E-state index is -3.19. The van der Waals surface area contributed by atoms with Gasteiger partial charge in [0.15, 0.2) is 9.84 Å². The van der Waals surface area contributed by atoms with E-state index in [2.05, 4.69) is 10.2 Å². The minimum absolute atomic E-state index is 0.0272. The Morgan fingerprint density at radius 2 is 2.16 bits per heavy atom. The molecule has 0 saturated carbocycles. The summed E-state index contributed by atoms with van der Waals surface area (Å²) in [6, 6.07) is 0. The summed E-state index contributed by atoms with van der Waals surface area (Å²) in [5.41, 5.74) is 0. The van der Waals surface area contributed by atoms with Gasteiger partial charge in [-0.25, -0.2) is 8.42 Å². The lowest BCUT2D eigenvalue weighted by Gasteiger charge is -2.18. The van der Waals surface area contributed by atoms with E-state index in [9.17, 15) is 13.2 Å². The zero-order valence-corrected chi connectivity index (χ0v) is 11.2. The van der Waals surface area contributed by atoms with Crippen LogP contribution < -0.4 is 0 Å². The fourth-order valence-corrected chi connectivity index (χ4v) is 3.94. The highest BCUT2D eigenvalue weighted by molar-refractivity contribution is 7.91. The van der Waals surface area contributed by atoms with Crippen molar-refractivity contribution >= 4 is 15.8 Å². The molecule has 8 heteroatoms. The molecule has 7 nitrogen and oxygen atoms in total.